The van der Waals surface area contributed by atoms with Crippen molar-refractivity contribution in [1.29, 1.82) is 0 Å². The summed E-state index contributed by atoms with van der Waals surface area (Å²) < 4.78 is 7.66. The molecule has 1 saturated heterocycles. The number of nitrogens with zero attached hydrogens (tertiary/aromatic N) is 5. The molecule has 0 aliphatic carbocycles. The van der Waals surface area contributed by atoms with E-state index in [0.717, 1.165) is 17.7 Å². The standard InChI is InChI=1S/C24H21N5O3/c1-2-20(30)28-13-12-17(14-28)29-23-21(24(31)26-15-25-23)22(27-29)16-8-10-19(11-9-16)32-18-6-4-3-5-7-18/h2-11,15,17H,1,12-14H2,(H,25,26,31)/t17-/m1/s1. The van der Waals surface area contributed by atoms with Crippen LogP contribution >= 0.6 is 0 Å². The lowest BCUT2D eigenvalue weighted by molar-refractivity contribution is -0.125. The minimum atomic E-state index is -0.127. The fourth-order valence-electron chi connectivity index (χ4n) is 3.99. The second kappa shape index (κ2) is 8.14. The SMILES string of the molecule is C=CC(=O)N1CC[C@@H](n2nc(-c3ccc(Oc4ccccc4)cc3)c3c(O)ncnc32)C1. The molecule has 8 heteroatoms. The molecule has 160 valence electrons. The summed E-state index contributed by atoms with van der Waals surface area (Å²) in [5.41, 5.74) is 1.92. The van der Waals surface area contributed by atoms with Gasteiger partial charge in [0.05, 0.1) is 6.04 Å². The van der Waals surface area contributed by atoms with Crippen molar-refractivity contribution in [3.63, 3.8) is 0 Å². The maximum Gasteiger partial charge on any atom is 0.246 e. The van der Waals surface area contributed by atoms with Crippen molar-refractivity contribution in [2.45, 2.75) is 12.5 Å². The summed E-state index contributed by atoms with van der Waals surface area (Å²) in [4.78, 5) is 22.1. The maximum absolute atomic E-state index is 12.0. The molecule has 1 aliphatic heterocycles. The van der Waals surface area contributed by atoms with Gasteiger partial charge in [-0.2, -0.15) is 5.10 Å². The number of hydrogen-bond donors (Lipinski definition) is 1. The first-order valence-corrected chi connectivity index (χ1v) is 10.3. The highest BCUT2D eigenvalue weighted by molar-refractivity contribution is 5.95. The Morgan fingerprint density at radius 1 is 1.09 bits per heavy atom. The Labute approximate surface area is 184 Å². The highest BCUT2D eigenvalue weighted by Crippen LogP contribution is 2.36. The first-order chi connectivity index (χ1) is 15.6. The van der Waals surface area contributed by atoms with E-state index in [1.54, 1.807) is 9.58 Å². The molecule has 0 saturated carbocycles. The number of amides is 1. The average Bonchev–Trinajstić information content (AvgIpc) is 3.46. The summed E-state index contributed by atoms with van der Waals surface area (Å²) in [6.07, 6.45) is 3.38. The lowest BCUT2D eigenvalue weighted by atomic mass is 10.1. The van der Waals surface area contributed by atoms with E-state index in [4.69, 9.17) is 9.84 Å². The van der Waals surface area contributed by atoms with Crippen LogP contribution in [0, 0.1) is 0 Å². The van der Waals surface area contributed by atoms with Gasteiger partial charge < -0.3 is 14.7 Å². The number of fused-ring (bicyclic) bond motifs is 1. The van der Waals surface area contributed by atoms with Gasteiger partial charge in [0, 0.05) is 18.7 Å². The number of aromatic nitrogens is 4. The number of benzene rings is 2. The Balaban J connectivity index is 1.49. The maximum atomic E-state index is 12.0. The molecular weight excluding hydrogens is 406 g/mol. The summed E-state index contributed by atoms with van der Waals surface area (Å²) >= 11 is 0. The molecule has 0 unspecified atom stereocenters. The van der Waals surface area contributed by atoms with Gasteiger partial charge in [-0.1, -0.05) is 24.8 Å². The van der Waals surface area contributed by atoms with Crippen molar-refractivity contribution in [1.82, 2.24) is 24.6 Å². The second-order valence-corrected chi connectivity index (χ2v) is 7.56. The monoisotopic (exact) mass is 427 g/mol. The molecule has 0 radical (unpaired) electrons. The van der Waals surface area contributed by atoms with E-state index in [1.165, 1.54) is 12.4 Å². The number of hydrogen-bond acceptors (Lipinski definition) is 6. The van der Waals surface area contributed by atoms with E-state index in [2.05, 4.69) is 16.5 Å². The van der Waals surface area contributed by atoms with E-state index in [0.29, 0.717) is 35.6 Å². The molecule has 1 fully saturated rings. The van der Waals surface area contributed by atoms with E-state index in [1.807, 2.05) is 54.6 Å². The topological polar surface area (TPSA) is 93.4 Å². The van der Waals surface area contributed by atoms with Gasteiger partial charge in [0.15, 0.2) is 5.65 Å². The van der Waals surface area contributed by atoms with Crippen LogP contribution in [0.1, 0.15) is 12.5 Å². The summed E-state index contributed by atoms with van der Waals surface area (Å²) in [5, 5.41) is 15.8. The normalized spacial score (nSPS) is 15.8. The molecule has 8 nitrogen and oxygen atoms in total. The molecular formula is C24H21N5O3. The van der Waals surface area contributed by atoms with Crippen LogP contribution in [0.5, 0.6) is 17.4 Å². The Kier molecular flexibility index (Phi) is 5.03. The van der Waals surface area contributed by atoms with Crippen LogP contribution in [0.2, 0.25) is 0 Å². The molecule has 4 aromatic rings. The summed E-state index contributed by atoms with van der Waals surface area (Å²) in [6, 6.07) is 17.0. The fraction of sp³-hybridized carbons (Fsp3) is 0.167. The van der Waals surface area contributed by atoms with Gasteiger partial charge in [0.25, 0.3) is 0 Å². The summed E-state index contributed by atoms with van der Waals surface area (Å²) in [7, 11) is 0. The van der Waals surface area contributed by atoms with E-state index in [-0.39, 0.29) is 17.8 Å². The zero-order valence-corrected chi connectivity index (χ0v) is 17.3. The number of aromatic hydroxyl groups is 1. The average molecular weight is 427 g/mol. The smallest absolute Gasteiger partial charge is 0.246 e. The molecule has 2 aromatic heterocycles. The van der Waals surface area contributed by atoms with Crippen LogP contribution in [-0.4, -0.2) is 48.8 Å². The zero-order valence-electron chi connectivity index (χ0n) is 17.3. The summed E-state index contributed by atoms with van der Waals surface area (Å²) in [5.74, 6) is 1.22. The molecule has 1 aliphatic rings. The lowest BCUT2D eigenvalue weighted by Crippen LogP contribution is -2.27. The molecule has 2 aromatic carbocycles. The number of carbonyl (C=O) groups is 1. The third-order valence-corrected chi connectivity index (χ3v) is 5.57. The molecule has 0 bridgehead atoms. The predicted octanol–water partition coefficient (Wildman–Crippen LogP) is 3.95. The van der Waals surface area contributed by atoms with Crippen LogP contribution in [-0.2, 0) is 4.79 Å². The van der Waals surface area contributed by atoms with Crippen molar-refractivity contribution in [2.75, 3.05) is 13.1 Å². The van der Waals surface area contributed by atoms with Gasteiger partial charge in [-0.25, -0.2) is 14.6 Å². The largest absolute Gasteiger partial charge is 0.493 e. The minimum Gasteiger partial charge on any atom is -0.493 e. The quantitative estimate of drug-likeness (QED) is 0.485. The lowest BCUT2D eigenvalue weighted by Gasteiger charge is -2.14. The van der Waals surface area contributed by atoms with E-state index < -0.39 is 0 Å². The minimum absolute atomic E-state index is 0.0508. The highest BCUT2D eigenvalue weighted by atomic mass is 16.5. The van der Waals surface area contributed by atoms with Crippen LogP contribution in [0.25, 0.3) is 22.3 Å². The highest BCUT2D eigenvalue weighted by Gasteiger charge is 2.30. The van der Waals surface area contributed by atoms with Gasteiger partial charge >= 0.3 is 0 Å². The summed E-state index contributed by atoms with van der Waals surface area (Å²) in [6.45, 7) is 4.69. The molecule has 1 amide bonds. The number of ether oxygens (including phenoxy) is 1. The Morgan fingerprint density at radius 2 is 1.84 bits per heavy atom. The number of carbonyl (C=O) groups excluding carboxylic acids is 1. The van der Waals surface area contributed by atoms with E-state index >= 15 is 0 Å². The third-order valence-electron chi connectivity index (χ3n) is 5.57. The van der Waals surface area contributed by atoms with Crippen molar-refractivity contribution >= 4 is 16.9 Å². The Hall–Kier alpha value is -4.20. The Bertz CT molecular complexity index is 1280. The molecule has 3 heterocycles. The fourth-order valence-corrected chi connectivity index (χ4v) is 3.99. The van der Waals surface area contributed by atoms with Crippen LogP contribution in [0.4, 0.5) is 0 Å². The van der Waals surface area contributed by atoms with Crippen LogP contribution in [0.3, 0.4) is 0 Å². The van der Waals surface area contributed by atoms with Gasteiger partial charge in [-0.05, 0) is 48.9 Å². The van der Waals surface area contributed by atoms with Crippen molar-refractivity contribution in [3.8, 4) is 28.6 Å². The van der Waals surface area contributed by atoms with Gasteiger partial charge in [0.2, 0.25) is 11.8 Å². The first kappa shape index (κ1) is 19.7. The molecule has 1 atom stereocenters. The van der Waals surface area contributed by atoms with Crippen molar-refractivity contribution in [2.24, 2.45) is 0 Å². The van der Waals surface area contributed by atoms with Crippen LogP contribution < -0.4 is 4.74 Å². The predicted molar refractivity (Wildman–Crippen MR) is 119 cm³/mol. The van der Waals surface area contributed by atoms with Crippen molar-refractivity contribution < 1.29 is 14.6 Å². The molecule has 0 spiro atoms. The zero-order chi connectivity index (χ0) is 22.1. The third kappa shape index (κ3) is 3.56. The molecule has 1 N–H and O–H groups in total. The van der Waals surface area contributed by atoms with Gasteiger partial charge in [-0.15, -0.1) is 0 Å². The van der Waals surface area contributed by atoms with Crippen LogP contribution in [0.15, 0.2) is 73.6 Å². The Morgan fingerprint density at radius 3 is 2.59 bits per heavy atom. The molecule has 32 heavy (non-hydrogen) atoms. The number of para-hydroxylation sites is 1. The number of rotatable bonds is 5. The first-order valence-electron chi connectivity index (χ1n) is 10.3. The molecule has 5 rings (SSSR count). The van der Waals surface area contributed by atoms with Gasteiger partial charge in [0.1, 0.15) is 28.9 Å². The number of likely N-dealkylation sites (tertiary alicyclic amines) is 1. The van der Waals surface area contributed by atoms with E-state index in [9.17, 15) is 9.90 Å². The van der Waals surface area contributed by atoms with Gasteiger partial charge in [-0.3, -0.25) is 4.79 Å². The second-order valence-electron chi connectivity index (χ2n) is 7.56. The van der Waals surface area contributed by atoms with Crippen molar-refractivity contribution in [3.05, 3.63) is 73.6 Å².